The third-order valence-electron chi connectivity index (χ3n) is 4.20. The highest BCUT2D eigenvalue weighted by Crippen LogP contribution is 2.31. The van der Waals surface area contributed by atoms with Crippen molar-refractivity contribution in [2.75, 3.05) is 5.32 Å². The van der Waals surface area contributed by atoms with Crippen molar-refractivity contribution in [3.8, 4) is 11.5 Å². The van der Waals surface area contributed by atoms with Crippen LogP contribution in [0.3, 0.4) is 0 Å². The second-order valence-electron chi connectivity index (χ2n) is 5.87. The quantitative estimate of drug-likeness (QED) is 0.940. The molecule has 21 heavy (non-hydrogen) atoms. The van der Waals surface area contributed by atoms with E-state index >= 15 is 0 Å². The largest absolute Gasteiger partial charge is 0.403 e. The van der Waals surface area contributed by atoms with E-state index in [1.165, 1.54) is 24.0 Å². The predicted molar refractivity (Wildman–Crippen MR) is 77.7 cm³/mol. The maximum Gasteiger partial charge on any atom is 0.322 e. The van der Waals surface area contributed by atoms with Gasteiger partial charge in [-0.2, -0.15) is 0 Å². The Morgan fingerprint density at radius 2 is 1.95 bits per heavy atom. The molecule has 1 amide bonds. The second-order valence-corrected chi connectivity index (χ2v) is 5.87. The molecule has 4 rings (SSSR count). The molecule has 5 nitrogen and oxygen atoms in total. The summed E-state index contributed by atoms with van der Waals surface area (Å²) in [5, 5.41) is 10.6. The maximum atomic E-state index is 11.7. The molecule has 108 valence electrons. The summed E-state index contributed by atoms with van der Waals surface area (Å²) in [5.74, 6) is 0.578. The van der Waals surface area contributed by atoms with Crippen LogP contribution < -0.4 is 5.32 Å². The van der Waals surface area contributed by atoms with Gasteiger partial charge >= 0.3 is 6.01 Å². The molecule has 0 aliphatic heterocycles. The number of carbonyl (C=O) groups excluding carboxylic acids is 1. The minimum absolute atomic E-state index is 0.0179. The molecule has 5 heteroatoms. The van der Waals surface area contributed by atoms with Crippen molar-refractivity contribution in [3.05, 3.63) is 29.3 Å². The van der Waals surface area contributed by atoms with E-state index in [1.54, 1.807) is 0 Å². The molecular formula is C16H17N3O2. The first kappa shape index (κ1) is 12.6. The number of benzene rings is 1. The molecule has 1 fully saturated rings. The number of nitrogens with zero attached hydrogens (tertiary/aromatic N) is 2. The molecule has 1 aromatic carbocycles. The SMILES string of the molecule is O=C(Nc1nnc(-c2ccc3c(c2)CCCC3)o1)C1CC1. The molecular weight excluding hydrogens is 266 g/mol. The summed E-state index contributed by atoms with van der Waals surface area (Å²) >= 11 is 0. The number of hydrogen-bond acceptors (Lipinski definition) is 4. The van der Waals surface area contributed by atoms with Gasteiger partial charge in [0.1, 0.15) is 0 Å². The molecule has 0 saturated heterocycles. The Morgan fingerprint density at radius 1 is 1.14 bits per heavy atom. The van der Waals surface area contributed by atoms with E-state index in [0.29, 0.717) is 5.89 Å². The van der Waals surface area contributed by atoms with Gasteiger partial charge in [-0.15, -0.1) is 5.10 Å². The van der Waals surface area contributed by atoms with Crippen LogP contribution in [0.2, 0.25) is 0 Å². The number of carbonyl (C=O) groups is 1. The number of nitrogens with one attached hydrogen (secondary N) is 1. The molecule has 1 N–H and O–H groups in total. The van der Waals surface area contributed by atoms with Crippen LogP contribution in [-0.4, -0.2) is 16.1 Å². The summed E-state index contributed by atoms with van der Waals surface area (Å²) in [6.07, 6.45) is 6.69. The fourth-order valence-corrected chi connectivity index (χ4v) is 2.81. The number of fused-ring (bicyclic) bond motifs is 1. The van der Waals surface area contributed by atoms with Gasteiger partial charge in [0.05, 0.1) is 0 Å². The highest BCUT2D eigenvalue weighted by molar-refractivity contribution is 5.92. The van der Waals surface area contributed by atoms with E-state index in [4.69, 9.17) is 4.42 Å². The topological polar surface area (TPSA) is 68.0 Å². The Morgan fingerprint density at radius 3 is 2.76 bits per heavy atom. The van der Waals surface area contributed by atoms with Crippen molar-refractivity contribution in [3.63, 3.8) is 0 Å². The first-order chi connectivity index (χ1) is 10.3. The monoisotopic (exact) mass is 283 g/mol. The smallest absolute Gasteiger partial charge is 0.322 e. The number of hydrogen-bond donors (Lipinski definition) is 1. The molecule has 0 unspecified atom stereocenters. The standard InChI is InChI=1S/C16H17N3O2/c20-14(11-6-7-11)17-16-19-18-15(21-16)13-8-5-10-3-1-2-4-12(10)9-13/h5,8-9,11H,1-4,6-7H2,(H,17,19,20). The van der Waals surface area contributed by atoms with E-state index < -0.39 is 0 Å². The van der Waals surface area contributed by atoms with Crippen molar-refractivity contribution in [2.45, 2.75) is 38.5 Å². The Bertz CT molecular complexity index is 689. The highest BCUT2D eigenvalue weighted by Gasteiger charge is 2.30. The summed E-state index contributed by atoms with van der Waals surface area (Å²) in [7, 11) is 0. The van der Waals surface area contributed by atoms with Gasteiger partial charge in [0, 0.05) is 11.5 Å². The zero-order valence-electron chi connectivity index (χ0n) is 11.8. The Labute approximate surface area is 122 Å². The van der Waals surface area contributed by atoms with Gasteiger partial charge < -0.3 is 4.42 Å². The van der Waals surface area contributed by atoms with E-state index in [9.17, 15) is 4.79 Å². The highest BCUT2D eigenvalue weighted by atomic mass is 16.4. The Kier molecular flexibility index (Phi) is 2.98. The summed E-state index contributed by atoms with van der Waals surface area (Å²) in [6, 6.07) is 6.49. The van der Waals surface area contributed by atoms with Gasteiger partial charge in [0.25, 0.3) is 0 Å². The first-order valence-corrected chi connectivity index (χ1v) is 7.56. The van der Waals surface area contributed by atoms with Gasteiger partial charge in [-0.3, -0.25) is 10.1 Å². The Hall–Kier alpha value is -2.17. The number of aromatic nitrogens is 2. The molecule has 1 heterocycles. The average molecular weight is 283 g/mol. The van der Waals surface area contributed by atoms with Gasteiger partial charge in [-0.05, 0) is 61.8 Å². The molecule has 2 aromatic rings. The van der Waals surface area contributed by atoms with Crippen molar-refractivity contribution in [2.24, 2.45) is 5.92 Å². The van der Waals surface area contributed by atoms with Crippen molar-refractivity contribution >= 4 is 11.9 Å². The van der Waals surface area contributed by atoms with E-state index in [-0.39, 0.29) is 17.8 Å². The number of anilines is 1. The molecule has 2 aliphatic carbocycles. The summed E-state index contributed by atoms with van der Waals surface area (Å²) in [6.45, 7) is 0. The van der Waals surface area contributed by atoms with E-state index in [2.05, 4.69) is 27.6 Å². The van der Waals surface area contributed by atoms with E-state index in [1.807, 2.05) is 6.07 Å². The molecule has 2 aliphatic rings. The van der Waals surface area contributed by atoms with Gasteiger partial charge in [-0.25, -0.2) is 0 Å². The summed E-state index contributed by atoms with van der Waals surface area (Å²) in [5.41, 5.74) is 3.72. The summed E-state index contributed by atoms with van der Waals surface area (Å²) < 4.78 is 5.56. The molecule has 0 atom stereocenters. The lowest BCUT2D eigenvalue weighted by Gasteiger charge is -2.15. The third-order valence-corrected chi connectivity index (χ3v) is 4.20. The molecule has 0 radical (unpaired) electrons. The van der Waals surface area contributed by atoms with Crippen LogP contribution in [-0.2, 0) is 17.6 Å². The Balaban J connectivity index is 1.55. The van der Waals surface area contributed by atoms with Crippen LogP contribution in [0.5, 0.6) is 0 Å². The number of aryl methyl sites for hydroxylation is 2. The van der Waals surface area contributed by atoms with Gasteiger partial charge in [0.15, 0.2) is 0 Å². The van der Waals surface area contributed by atoms with Crippen molar-refractivity contribution in [1.82, 2.24) is 10.2 Å². The number of rotatable bonds is 3. The zero-order valence-corrected chi connectivity index (χ0v) is 11.8. The molecule has 1 saturated carbocycles. The predicted octanol–water partition coefficient (Wildman–Crippen LogP) is 2.96. The van der Waals surface area contributed by atoms with Crippen LogP contribution in [0.25, 0.3) is 11.5 Å². The summed E-state index contributed by atoms with van der Waals surface area (Å²) in [4.78, 5) is 11.7. The lowest BCUT2D eigenvalue weighted by atomic mass is 9.90. The molecule has 1 aromatic heterocycles. The second kappa shape index (κ2) is 4.98. The van der Waals surface area contributed by atoms with Gasteiger partial charge in [0.2, 0.25) is 11.8 Å². The fraction of sp³-hybridized carbons (Fsp3) is 0.438. The van der Waals surface area contributed by atoms with Gasteiger partial charge in [-0.1, -0.05) is 11.2 Å². The van der Waals surface area contributed by atoms with Crippen LogP contribution >= 0.6 is 0 Å². The lowest BCUT2D eigenvalue weighted by molar-refractivity contribution is -0.117. The average Bonchev–Trinajstić information content (AvgIpc) is 3.27. The van der Waals surface area contributed by atoms with Crippen molar-refractivity contribution < 1.29 is 9.21 Å². The minimum atomic E-state index is -0.0179. The first-order valence-electron chi connectivity index (χ1n) is 7.56. The van der Waals surface area contributed by atoms with Crippen LogP contribution in [0.4, 0.5) is 6.01 Å². The lowest BCUT2D eigenvalue weighted by Crippen LogP contribution is -2.13. The minimum Gasteiger partial charge on any atom is -0.403 e. The van der Waals surface area contributed by atoms with Crippen LogP contribution in [0.1, 0.15) is 36.8 Å². The number of amides is 1. The molecule has 0 bridgehead atoms. The zero-order chi connectivity index (χ0) is 14.2. The maximum absolute atomic E-state index is 11.7. The molecule has 0 spiro atoms. The van der Waals surface area contributed by atoms with Crippen LogP contribution in [0.15, 0.2) is 22.6 Å². The normalized spacial score (nSPS) is 17.3. The van der Waals surface area contributed by atoms with Crippen LogP contribution in [0, 0.1) is 5.92 Å². The fourth-order valence-electron chi connectivity index (χ4n) is 2.81. The van der Waals surface area contributed by atoms with E-state index in [0.717, 1.165) is 31.2 Å². The van der Waals surface area contributed by atoms with Crippen molar-refractivity contribution in [1.29, 1.82) is 0 Å². The third kappa shape index (κ3) is 2.55.